The van der Waals surface area contributed by atoms with Gasteiger partial charge in [0.15, 0.2) is 5.82 Å². The Morgan fingerprint density at radius 3 is 3.00 bits per heavy atom. The molecule has 1 amide bonds. The molecule has 2 heterocycles. The molecule has 20 heavy (non-hydrogen) atoms. The fourth-order valence-corrected chi connectivity index (χ4v) is 2.43. The van der Waals surface area contributed by atoms with Crippen LogP contribution in [-0.4, -0.2) is 32.6 Å². The zero-order valence-corrected chi connectivity index (χ0v) is 12.3. The Balaban J connectivity index is 1.99. The van der Waals surface area contributed by atoms with Gasteiger partial charge in [0.1, 0.15) is 10.6 Å². The second-order valence-electron chi connectivity index (χ2n) is 4.60. The van der Waals surface area contributed by atoms with E-state index in [1.165, 1.54) is 11.5 Å². The predicted molar refractivity (Wildman–Crippen MR) is 79.8 cm³/mol. The molecule has 0 aliphatic heterocycles. The molecule has 0 aromatic carbocycles. The van der Waals surface area contributed by atoms with Crippen LogP contribution < -0.4 is 16.4 Å². The molecule has 4 N–H and O–H groups in total. The van der Waals surface area contributed by atoms with Gasteiger partial charge in [-0.25, -0.2) is 0 Å². The highest BCUT2D eigenvalue weighted by atomic mass is 32.1. The van der Waals surface area contributed by atoms with Crippen molar-refractivity contribution in [3.8, 4) is 0 Å². The molecule has 0 saturated heterocycles. The van der Waals surface area contributed by atoms with E-state index in [2.05, 4.69) is 20.1 Å². The molecule has 0 atom stereocenters. The monoisotopic (exact) mass is 294 g/mol. The number of carbonyl (C=O) groups is 1. The van der Waals surface area contributed by atoms with E-state index in [1.807, 2.05) is 30.8 Å². The van der Waals surface area contributed by atoms with Crippen molar-refractivity contribution < 1.29 is 4.79 Å². The Labute approximate surface area is 121 Å². The van der Waals surface area contributed by atoms with E-state index in [-0.39, 0.29) is 17.8 Å². The van der Waals surface area contributed by atoms with Crippen LogP contribution in [0, 0.1) is 0 Å². The molecule has 0 aliphatic rings. The van der Waals surface area contributed by atoms with E-state index in [4.69, 9.17) is 5.73 Å². The molecular weight excluding hydrogens is 276 g/mol. The van der Waals surface area contributed by atoms with E-state index >= 15 is 0 Å². The molecule has 2 aromatic rings. The first-order valence-electron chi connectivity index (χ1n) is 6.35. The molecular formula is C12H18N6OS. The third-order valence-electron chi connectivity index (χ3n) is 2.55. The van der Waals surface area contributed by atoms with Gasteiger partial charge in [0.25, 0.3) is 5.91 Å². The zero-order chi connectivity index (χ0) is 14.5. The van der Waals surface area contributed by atoms with Crippen molar-refractivity contribution in [1.29, 1.82) is 0 Å². The maximum absolute atomic E-state index is 12.1. The lowest BCUT2D eigenvalue weighted by Crippen LogP contribution is -2.31. The van der Waals surface area contributed by atoms with Gasteiger partial charge in [-0.2, -0.15) is 9.47 Å². The van der Waals surface area contributed by atoms with Crippen molar-refractivity contribution in [3.05, 3.63) is 24.0 Å². The molecule has 7 nitrogen and oxygen atoms in total. The number of nitrogen functional groups attached to an aromatic ring is 1. The lowest BCUT2D eigenvalue weighted by molar-refractivity contribution is 0.0945. The highest BCUT2D eigenvalue weighted by Gasteiger charge is 2.19. The number of anilines is 2. The first-order chi connectivity index (χ1) is 9.58. The quantitative estimate of drug-likeness (QED) is 0.743. The van der Waals surface area contributed by atoms with Gasteiger partial charge in [0, 0.05) is 25.0 Å². The molecule has 108 valence electrons. The van der Waals surface area contributed by atoms with E-state index in [0.717, 1.165) is 0 Å². The first-order valence-corrected chi connectivity index (χ1v) is 7.12. The zero-order valence-electron chi connectivity index (χ0n) is 11.5. The minimum absolute atomic E-state index is 0.0544. The van der Waals surface area contributed by atoms with E-state index in [9.17, 15) is 4.79 Å². The largest absolute Gasteiger partial charge is 0.382 e. The standard InChI is InChI=1S/C12H18N6OS/c1-8(2)16-11(19)9-10(13)17-20-12(9)14-5-7-18-6-3-4-15-18/h3-4,6,8,14H,5,7H2,1-2H3,(H2,13,17)(H,16,19). The van der Waals surface area contributed by atoms with Gasteiger partial charge in [-0.3, -0.25) is 9.48 Å². The molecule has 2 aromatic heterocycles. The SMILES string of the molecule is CC(C)NC(=O)c1c(N)nsc1NCCn1cccn1. The summed E-state index contributed by atoms with van der Waals surface area (Å²) in [6, 6.07) is 1.92. The number of rotatable bonds is 6. The third-order valence-corrected chi connectivity index (χ3v) is 3.37. The highest BCUT2D eigenvalue weighted by molar-refractivity contribution is 7.11. The van der Waals surface area contributed by atoms with E-state index < -0.39 is 0 Å². The molecule has 0 unspecified atom stereocenters. The van der Waals surface area contributed by atoms with Crippen LogP contribution in [-0.2, 0) is 6.54 Å². The van der Waals surface area contributed by atoms with Gasteiger partial charge in [-0.1, -0.05) is 0 Å². The van der Waals surface area contributed by atoms with Gasteiger partial charge in [-0.05, 0) is 31.4 Å². The Bertz CT molecular complexity index is 563. The molecule has 2 rings (SSSR count). The van der Waals surface area contributed by atoms with Crippen LogP contribution in [0.3, 0.4) is 0 Å². The molecule has 0 bridgehead atoms. The number of nitrogens with two attached hydrogens (primary N) is 1. The molecule has 8 heteroatoms. The van der Waals surface area contributed by atoms with Crippen LogP contribution in [0.4, 0.5) is 10.8 Å². The van der Waals surface area contributed by atoms with Crippen LogP contribution in [0.5, 0.6) is 0 Å². The number of hydrogen-bond acceptors (Lipinski definition) is 6. The average molecular weight is 294 g/mol. The number of amides is 1. The van der Waals surface area contributed by atoms with Crippen molar-refractivity contribution in [2.24, 2.45) is 0 Å². The second kappa shape index (κ2) is 6.38. The first kappa shape index (κ1) is 14.3. The average Bonchev–Trinajstić information content (AvgIpc) is 2.98. The van der Waals surface area contributed by atoms with Crippen LogP contribution in [0.2, 0.25) is 0 Å². The van der Waals surface area contributed by atoms with Crippen LogP contribution >= 0.6 is 11.5 Å². The molecule has 0 aliphatic carbocycles. The van der Waals surface area contributed by atoms with Gasteiger partial charge in [0.2, 0.25) is 0 Å². The van der Waals surface area contributed by atoms with Crippen molar-refractivity contribution in [2.75, 3.05) is 17.6 Å². The maximum Gasteiger partial charge on any atom is 0.258 e. The summed E-state index contributed by atoms with van der Waals surface area (Å²) in [5.41, 5.74) is 6.19. The van der Waals surface area contributed by atoms with Crippen molar-refractivity contribution in [1.82, 2.24) is 19.5 Å². The number of aromatic nitrogens is 3. The summed E-state index contributed by atoms with van der Waals surface area (Å²) in [6.45, 7) is 5.15. The Morgan fingerprint density at radius 2 is 2.35 bits per heavy atom. The van der Waals surface area contributed by atoms with E-state index in [1.54, 1.807) is 6.20 Å². The normalized spacial score (nSPS) is 10.8. The summed E-state index contributed by atoms with van der Waals surface area (Å²) in [5, 5.41) is 10.8. The Morgan fingerprint density at radius 1 is 1.55 bits per heavy atom. The topological polar surface area (TPSA) is 97.9 Å². The summed E-state index contributed by atoms with van der Waals surface area (Å²) < 4.78 is 5.85. The van der Waals surface area contributed by atoms with Gasteiger partial charge >= 0.3 is 0 Å². The van der Waals surface area contributed by atoms with Crippen LogP contribution in [0.25, 0.3) is 0 Å². The number of nitrogens with zero attached hydrogens (tertiary/aromatic N) is 3. The fraction of sp³-hybridized carbons (Fsp3) is 0.417. The van der Waals surface area contributed by atoms with Crippen molar-refractivity contribution in [2.45, 2.75) is 26.4 Å². The van der Waals surface area contributed by atoms with Crippen LogP contribution in [0.15, 0.2) is 18.5 Å². The lowest BCUT2D eigenvalue weighted by Gasteiger charge is -2.10. The predicted octanol–water partition coefficient (Wildman–Crippen LogP) is 1.17. The second-order valence-corrected chi connectivity index (χ2v) is 5.37. The summed E-state index contributed by atoms with van der Waals surface area (Å²) >= 11 is 1.19. The smallest absolute Gasteiger partial charge is 0.258 e. The summed E-state index contributed by atoms with van der Waals surface area (Å²) in [4.78, 5) is 12.1. The van der Waals surface area contributed by atoms with Crippen molar-refractivity contribution >= 4 is 28.3 Å². The van der Waals surface area contributed by atoms with Gasteiger partial charge in [-0.15, -0.1) is 0 Å². The highest BCUT2D eigenvalue weighted by Crippen LogP contribution is 2.26. The Kier molecular flexibility index (Phi) is 4.57. The molecule has 0 saturated carbocycles. The van der Waals surface area contributed by atoms with Gasteiger partial charge < -0.3 is 16.4 Å². The Hall–Kier alpha value is -2.09. The summed E-state index contributed by atoms with van der Waals surface area (Å²) in [5.74, 6) is 0.0579. The summed E-state index contributed by atoms with van der Waals surface area (Å²) in [6.07, 6.45) is 3.61. The summed E-state index contributed by atoms with van der Waals surface area (Å²) in [7, 11) is 0. The van der Waals surface area contributed by atoms with Crippen molar-refractivity contribution in [3.63, 3.8) is 0 Å². The molecule has 0 spiro atoms. The number of carbonyl (C=O) groups excluding carboxylic acids is 1. The maximum atomic E-state index is 12.1. The van der Waals surface area contributed by atoms with Crippen LogP contribution in [0.1, 0.15) is 24.2 Å². The minimum Gasteiger partial charge on any atom is -0.382 e. The number of hydrogen-bond donors (Lipinski definition) is 3. The van der Waals surface area contributed by atoms with Gasteiger partial charge in [0.05, 0.1) is 6.54 Å². The fourth-order valence-electron chi connectivity index (χ4n) is 1.69. The third kappa shape index (κ3) is 3.47. The van der Waals surface area contributed by atoms with E-state index in [0.29, 0.717) is 23.7 Å². The number of nitrogens with one attached hydrogen (secondary N) is 2. The molecule has 0 fully saturated rings. The lowest BCUT2D eigenvalue weighted by atomic mass is 10.2. The molecule has 0 radical (unpaired) electrons. The minimum atomic E-state index is -0.201.